The van der Waals surface area contributed by atoms with Crippen molar-refractivity contribution in [3.63, 3.8) is 0 Å². The molecule has 0 amide bonds. The maximum Gasteiger partial charge on any atom is 0.573 e. The second-order valence-corrected chi connectivity index (χ2v) is 3.56. The van der Waals surface area contributed by atoms with Crippen LogP contribution in [0.3, 0.4) is 0 Å². The highest BCUT2D eigenvalue weighted by Gasteiger charge is 2.33. The molecule has 0 radical (unpaired) electrons. The van der Waals surface area contributed by atoms with E-state index in [1.807, 2.05) is 0 Å². The van der Waals surface area contributed by atoms with Crippen molar-refractivity contribution in [1.82, 2.24) is 0 Å². The van der Waals surface area contributed by atoms with Crippen molar-refractivity contribution < 1.29 is 27.4 Å². The topological polar surface area (TPSA) is 59.3 Å². The Labute approximate surface area is 111 Å². The van der Waals surface area contributed by atoms with Gasteiger partial charge in [-0.25, -0.2) is 4.79 Å². The van der Waals surface area contributed by atoms with E-state index in [4.69, 9.17) is 16.9 Å². The van der Waals surface area contributed by atoms with E-state index in [1.165, 1.54) is 0 Å². The van der Waals surface area contributed by atoms with Crippen LogP contribution < -0.4 is 4.74 Å². The van der Waals surface area contributed by atoms with E-state index < -0.39 is 18.1 Å². The zero-order valence-corrected chi connectivity index (χ0v) is 10.3. The fourth-order valence-electron chi connectivity index (χ4n) is 1.32. The summed E-state index contributed by atoms with van der Waals surface area (Å²) in [5.74, 6) is -1.88. The van der Waals surface area contributed by atoms with E-state index >= 15 is 0 Å². The number of rotatable bonds is 3. The van der Waals surface area contributed by atoms with Crippen LogP contribution in [0.2, 0.25) is 0 Å². The molecule has 0 atom stereocenters. The summed E-state index contributed by atoms with van der Waals surface area (Å²) in [7, 11) is 1.04. The SMILES string of the molecule is COC(=O)c1cc(OC(F)(F)F)c(CCl)cc1C#N. The number of nitrogens with zero attached hydrogens (tertiary/aromatic N) is 1. The smallest absolute Gasteiger partial charge is 0.465 e. The number of esters is 1. The number of ether oxygens (including phenoxy) is 2. The predicted octanol–water partition coefficient (Wildman–Crippen LogP) is 2.98. The van der Waals surface area contributed by atoms with Crippen LogP contribution in [0.5, 0.6) is 5.75 Å². The van der Waals surface area contributed by atoms with Gasteiger partial charge < -0.3 is 9.47 Å². The Kier molecular flexibility index (Phi) is 4.62. The van der Waals surface area contributed by atoms with Crippen LogP contribution in [0, 0.1) is 11.3 Å². The minimum absolute atomic E-state index is 0.0526. The Balaban J connectivity index is 3.38. The van der Waals surface area contributed by atoms with E-state index in [-0.39, 0.29) is 22.6 Å². The first kappa shape index (κ1) is 15.1. The van der Waals surface area contributed by atoms with E-state index in [0.29, 0.717) is 0 Å². The molecule has 0 fully saturated rings. The molecule has 102 valence electrons. The van der Waals surface area contributed by atoms with Crippen molar-refractivity contribution in [3.8, 4) is 11.8 Å². The Morgan fingerprint density at radius 1 is 1.47 bits per heavy atom. The van der Waals surface area contributed by atoms with E-state index in [2.05, 4.69) is 9.47 Å². The number of nitriles is 1. The maximum atomic E-state index is 12.2. The monoisotopic (exact) mass is 293 g/mol. The normalized spacial score (nSPS) is 10.7. The third-order valence-corrected chi connectivity index (χ3v) is 2.38. The van der Waals surface area contributed by atoms with Gasteiger partial charge >= 0.3 is 12.3 Å². The molecule has 0 bridgehead atoms. The van der Waals surface area contributed by atoms with Crippen LogP contribution in [0.1, 0.15) is 21.5 Å². The molecular weight excluding hydrogens is 287 g/mol. The van der Waals surface area contributed by atoms with Crippen molar-refractivity contribution in [1.29, 1.82) is 5.26 Å². The molecule has 1 rings (SSSR count). The Hall–Kier alpha value is -1.94. The van der Waals surface area contributed by atoms with E-state index in [1.54, 1.807) is 6.07 Å². The second kappa shape index (κ2) is 5.80. The van der Waals surface area contributed by atoms with Gasteiger partial charge in [-0.1, -0.05) is 0 Å². The van der Waals surface area contributed by atoms with Gasteiger partial charge in [-0.3, -0.25) is 0 Å². The number of carbonyl (C=O) groups is 1. The molecule has 0 aliphatic heterocycles. The van der Waals surface area contributed by atoms with Crippen LogP contribution in [-0.4, -0.2) is 19.4 Å². The molecule has 0 aliphatic carbocycles. The molecule has 1 aromatic rings. The average molecular weight is 294 g/mol. The van der Waals surface area contributed by atoms with Gasteiger partial charge in [-0.2, -0.15) is 5.26 Å². The largest absolute Gasteiger partial charge is 0.573 e. The zero-order chi connectivity index (χ0) is 14.6. The Bertz CT molecular complexity index is 537. The van der Waals surface area contributed by atoms with Gasteiger partial charge in [0.2, 0.25) is 0 Å². The van der Waals surface area contributed by atoms with E-state index in [0.717, 1.165) is 19.2 Å². The van der Waals surface area contributed by atoms with Gasteiger partial charge in [0.05, 0.1) is 24.1 Å². The molecular formula is C11H7ClF3NO3. The summed E-state index contributed by atoms with van der Waals surface area (Å²) in [5.41, 5.74) is -0.515. The molecule has 0 N–H and O–H groups in total. The molecule has 19 heavy (non-hydrogen) atoms. The van der Waals surface area contributed by atoms with Crippen LogP contribution in [-0.2, 0) is 10.6 Å². The highest BCUT2D eigenvalue weighted by atomic mass is 35.5. The summed E-state index contributed by atoms with van der Waals surface area (Å²) >= 11 is 5.48. The average Bonchev–Trinajstić information content (AvgIpc) is 2.35. The summed E-state index contributed by atoms with van der Waals surface area (Å²) in [4.78, 5) is 11.4. The molecule has 0 aliphatic rings. The van der Waals surface area contributed by atoms with Crippen molar-refractivity contribution in [2.75, 3.05) is 7.11 Å². The highest BCUT2D eigenvalue weighted by molar-refractivity contribution is 6.17. The first-order valence-electron chi connectivity index (χ1n) is 4.79. The lowest BCUT2D eigenvalue weighted by Gasteiger charge is -2.14. The van der Waals surface area contributed by atoms with Crippen molar-refractivity contribution >= 4 is 17.6 Å². The number of hydrogen-bond acceptors (Lipinski definition) is 4. The third kappa shape index (κ3) is 3.76. The first-order valence-corrected chi connectivity index (χ1v) is 5.33. The fourth-order valence-corrected chi connectivity index (χ4v) is 1.53. The zero-order valence-electron chi connectivity index (χ0n) is 9.55. The van der Waals surface area contributed by atoms with Gasteiger partial charge in [-0.15, -0.1) is 24.8 Å². The minimum Gasteiger partial charge on any atom is -0.465 e. The van der Waals surface area contributed by atoms with Gasteiger partial charge in [0.15, 0.2) is 0 Å². The lowest BCUT2D eigenvalue weighted by molar-refractivity contribution is -0.274. The fraction of sp³-hybridized carbons (Fsp3) is 0.273. The van der Waals surface area contributed by atoms with Gasteiger partial charge in [0.25, 0.3) is 0 Å². The lowest BCUT2D eigenvalue weighted by atomic mass is 10.0. The highest BCUT2D eigenvalue weighted by Crippen LogP contribution is 2.30. The van der Waals surface area contributed by atoms with Crippen LogP contribution in [0.15, 0.2) is 12.1 Å². The van der Waals surface area contributed by atoms with Crippen molar-refractivity contribution in [3.05, 3.63) is 28.8 Å². The third-order valence-electron chi connectivity index (χ3n) is 2.10. The predicted molar refractivity (Wildman–Crippen MR) is 58.7 cm³/mol. The summed E-state index contributed by atoms with van der Waals surface area (Å²) in [5, 5.41) is 8.84. The van der Waals surface area contributed by atoms with Gasteiger partial charge in [0.1, 0.15) is 11.8 Å². The van der Waals surface area contributed by atoms with Crippen LogP contribution in [0.4, 0.5) is 13.2 Å². The molecule has 0 saturated carbocycles. The number of hydrogen-bond donors (Lipinski definition) is 0. The first-order chi connectivity index (χ1) is 8.82. The second-order valence-electron chi connectivity index (χ2n) is 3.29. The van der Waals surface area contributed by atoms with Gasteiger partial charge in [0, 0.05) is 5.56 Å². The van der Waals surface area contributed by atoms with Crippen LogP contribution >= 0.6 is 11.6 Å². The Morgan fingerprint density at radius 3 is 2.53 bits per heavy atom. The summed E-state index contributed by atoms with van der Waals surface area (Å²) in [6.07, 6.45) is -4.93. The van der Waals surface area contributed by atoms with E-state index in [9.17, 15) is 18.0 Å². The number of carbonyl (C=O) groups excluding carboxylic acids is 1. The van der Waals surface area contributed by atoms with Crippen LogP contribution in [0.25, 0.3) is 0 Å². The number of halogens is 4. The summed E-state index contributed by atoms with van der Waals surface area (Å²) in [6, 6.07) is 3.52. The van der Waals surface area contributed by atoms with Crippen molar-refractivity contribution in [2.45, 2.75) is 12.2 Å². The minimum atomic E-state index is -4.93. The summed E-state index contributed by atoms with van der Waals surface area (Å²) in [6.45, 7) is 0. The molecule has 0 heterocycles. The quantitative estimate of drug-likeness (QED) is 0.635. The molecule has 0 spiro atoms. The standard InChI is InChI=1S/C11H7ClF3NO3/c1-18-10(17)8-3-9(19-11(13,14)15)6(4-12)2-7(8)5-16/h2-3H,4H2,1H3. The number of benzene rings is 1. The van der Waals surface area contributed by atoms with Gasteiger partial charge in [-0.05, 0) is 12.1 Å². The molecule has 8 heteroatoms. The molecule has 1 aromatic carbocycles. The number of methoxy groups -OCH3 is 1. The maximum absolute atomic E-state index is 12.2. The molecule has 0 saturated heterocycles. The molecule has 4 nitrogen and oxygen atoms in total. The van der Waals surface area contributed by atoms with Crippen molar-refractivity contribution in [2.24, 2.45) is 0 Å². The number of alkyl halides is 4. The Morgan fingerprint density at radius 2 is 2.11 bits per heavy atom. The summed E-state index contributed by atoms with van der Waals surface area (Å²) < 4.78 is 44.8. The molecule has 0 aromatic heterocycles. The molecule has 0 unspecified atom stereocenters. The lowest BCUT2D eigenvalue weighted by Crippen LogP contribution is -2.19.